The van der Waals surface area contributed by atoms with E-state index in [1.165, 1.54) is 0 Å². The largest absolute Gasteiger partial charge is 0.341 e. The van der Waals surface area contributed by atoms with Crippen LogP contribution in [0.5, 0.6) is 0 Å². The van der Waals surface area contributed by atoms with Gasteiger partial charge in [-0.3, -0.25) is 4.79 Å². The summed E-state index contributed by atoms with van der Waals surface area (Å²) in [6, 6.07) is 10.0. The first-order valence-corrected chi connectivity index (χ1v) is 9.02. The fourth-order valence-corrected chi connectivity index (χ4v) is 2.96. The summed E-state index contributed by atoms with van der Waals surface area (Å²) in [5.41, 5.74) is 2.80. The van der Waals surface area contributed by atoms with E-state index in [1.807, 2.05) is 35.2 Å². The molecule has 0 unspecified atom stereocenters. The van der Waals surface area contributed by atoms with Gasteiger partial charge in [0.25, 0.3) is 0 Å². The molecule has 1 aromatic carbocycles. The maximum absolute atomic E-state index is 12.1. The Hall–Kier alpha value is -2.30. The highest BCUT2D eigenvalue weighted by Crippen LogP contribution is 2.32. The number of nitrogens with zero attached hydrogens (tertiary/aromatic N) is 3. The molecule has 2 rings (SSSR count). The second kappa shape index (κ2) is 8.70. The topological polar surface area (TPSA) is 49.6 Å². The summed E-state index contributed by atoms with van der Waals surface area (Å²) in [7, 11) is 0. The summed E-state index contributed by atoms with van der Waals surface area (Å²) < 4.78 is 5.72. The molecule has 0 saturated heterocycles. The van der Waals surface area contributed by atoms with Gasteiger partial charge in [-0.25, -0.2) is 0 Å². The number of carbonyl (C=O) groups excluding carboxylic acids is 1. The summed E-state index contributed by atoms with van der Waals surface area (Å²) in [6.45, 7) is 12.9. The van der Waals surface area contributed by atoms with Gasteiger partial charge < -0.3 is 14.3 Å². The highest BCUT2D eigenvalue weighted by molar-refractivity contribution is 5.75. The number of carbonyl (C=O) groups is 1. The molecule has 1 heterocycles. The second-order valence-electron chi connectivity index (χ2n) is 6.65. The molecule has 0 atom stereocenters. The molecule has 0 fully saturated rings. The minimum atomic E-state index is 0.0689. The van der Waals surface area contributed by atoms with Gasteiger partial charge >= 0.3 is 0 Å². The van der Waals surface area contributed by atoms with Gasteiger partial charge in [-0.15, -0.1) is 0 Å². The van der Waals surface area contributed by atoms with Gasteiger partial charge in [0.15, 0.2) is 0 Å². The number of hydrogen-bond donors (Lipinski definition) is 0. The first-order valence-electron chi connectivity index (χ1n) is 9.02. The number of benzene rings is 1. The van der Waals surface area contributed by atoms with Gasteiger partial charge in [0.05, 0.1) is 12.1 Å². The van der Waals surface area contributed by atoms with E-state index in [2.05, 4.69) is 37.8 Å². The van der Waals surface area contributed by atoms with Crippen molar-refractivity contribution in [3.05, 3.63) is 35.9 Å². The molecule has 0 spiro atoms. The fraction of sp³-hybridized carbons (Fsp3) is 0.500. The summed E-state index contributed by atoms with van der Waals surface area (Å²) in [5.74, 6) is 1.24. The van der Waals surface area contributed by atoms with E-state index >= 15 is 0 Å². The van der Waals surface area contributed by atoms with E-state index in [9.17, 15) is 4.79 Å². The Balaban J connectivity index is 2.47. The average Bonchev–Trinajstić information content (AvgIpc) is 2.99. The fourth-order valence-electron chi connectivity index (χ4n) is 2.96. The molecular formula is C20H29N3O2. The van der Waals surface area contributed by atoms with Crippen LogP contribution in [0.1, 0.15) is 40.2 Å². The number of aromatic nitrogens is 1. The molecule has 0 saturated carbocycles. The van der Waals surface area contributed by atoms with Crippen LogP contribution in [-0.2, 0) is 11.3 Å². The molecule has 5 nitrogen and oxygen atoms in total. The van der Waals surface area contributed by atoms with Crippen LogP contribution < -0.4 is 4.90 Å². The zero-order valence-corrected chi connectivity index (χ0v) is 16.0. The van der Waals surface area contributed by atoms with E-state index in [-0.39, 0.29) is 5.91 Å². The van der Waals surface area contributed by atoms with Crippen molar-refractivity contribution in [2.75, 3.05) is 24.5 Å². The molecule has 2 aromatic rings. The SMILES string of the molecule is CCN(CC)c1onc(-c2ccccc2)c1CN(CC(C)C)C(C)=O. The summed E-state index contributed by atoms with van der Waals surface area (Å²) >= 11 is 0. The lowest BCUT2D eigenvalue weighted by atomic mass is 10.1. The van der Waals surface area contributed by atoms with Crippen LogP contribution in [0.3, 0.4) is 0 Å². The van der Waals surface area contributed by atoms with Gasteiger partial charge in [0, 0.05) is 32.1 Å². The van der Waals surface area contributed by atoms with Crippen LogP contribution in [0.2, 0.25) is 0 Å². The van der Waals surface area contributed by atoms with Crippen molar-refractivity contribution < 1.29 is 9.32 Å². The Morgan fingerprint density at radius 2 is 1.80 bits per heavy atom. The van der Waals surface area contributed by atoms with Crippen LogP contribution >= 0.6 is 0 Å². The molecular weight excluding hydrogens is 314 g/mol. The van der Waals surface area contributed by atoms with Crippen molar-refractivity contribution in [1.82, 2.24) is 10.1 Å². The molecule has 0 aliphatic carbocycles. The summed E-state index contributed by atoms with van der Waals surface area (Å²) in [4.78, 5) is 16.1. The first-order chi connectivity index (χ1) is 12.0. The molecule has 0 bridgehead atoms. The van der Waals surface area contributed by atoms with E-state index in [0.29, 0.717) is 19.0 Å². The van der Waals surface area contributed by atoms with E-state index < -0.39 is 0 Å². The van der Waals surface area contributed by atoms with Crippen LogP contribution in [0.4, 0.5) is 5.88 Å². The Morgan fingerprint density at radius 3 is 2.32 bits per heavy atom. The minimum Gasteiger partial charge on any atom is -0.341 e. The molecule has 25 heavy (non-hydrogen) atoms. The van der Waals surface area contributed by atoms with Gasteiger partial charge in [-0.05, 0) is 19.8 Å². The number of amides is 1. The summed E-state index contributed by atoms with van der Waals surface area (Å²) in [6.07, 6.45) is 0. The van der Waals surface area contributed by atoms with Crippen molar-refractivity contribution in [3.8, 4) is 11.3 Å². The van der Waals surface area contributed by atoms with E-state index in [4.69, 9.17) is 4.52 Å². The maximum Gasteiger partial charge on any atom is 0.232 e. The summed E-state index contributed by atoms with van der Waals surface area (Å²) in [5, 5.41) is 4.34. The normalized spacial score (nSPS) is 11.0. The Labute approximate surface area is 150 Å². The van der Waals surface area contributed by atoms with Gasteiger partial charge in [0.1, 0.15) is 5.69 Å². The lowest BCUT2D eigenvalue weighted by Crippen LogP contribution is -2.32. The van der Waals surface area contributed by atoms with Crippen LogP contribution in [0.25, 0.3) is 11.3 Å². The maximum atomic E-state index is 12.1. The molecule has 0 N–H and O–H groups in total. The zero-order chi connectivity index (χ0) is 18.4. The van der Waals surface area contributed by atoms with E-state index in [1.54, 1.807) is 6.92 Å². The quantitative estimate of drug-likeness (QED) is 0.721. The predicted octanol–water partition coefficient (Wildman–Crippen LogP) is 4.19. The first kappa shape index (κ1) is 19.0. The van der Waals surface area contributed by atoms with Crippen molar-refractivity contribution in [3.63, 3.8) is 0 Å². The third-order valence-electron chi connectivity index (χ3n) is 4.25. The monoisotopic (exact) mass is 343 g/mol. The molecule has 5 heteroatoms. The molecule has 0 aliphatic heterocycles. The highest BCUT2D eigenvalue weighted by atomic mass is 16.5. The van der Waals surface area contributed by atoms with Crippen molar-refractivity contribution >= 4 is 11.8 Å². The molecule has 0 radical (unpaired) electrons. The third kappa shape index (κ3) is 4.62. The Bertz CT molecular complexity index is 676. The van der Waals surface area contributed by atoms with Gasteiger partial charge in [0.2, 0.25) is 11.8 Å². The smallest absolute Gasteiger partial charge is 0.232 e. The van der Waals surface area contributed by atoms with Crippen molar-refractivity contribution in [2.24, 2.45) is 5.92 Å². The molecule has 0 aliphatic rings. The average molecular weight is 343 g/mol. The highest BCUT2D eigenvalue weighted by Gasteiger charge is 2.24. The lowest BCUT2D eigenvalue weighted by Gasteiger charge is -2.25. The molecule has 1 aromatic heterocycles. The second-order valence-corrected chi connectivity index (χ2v) is 6.65. The number of rotatable bonds is 8. The number of anilines is 1. The van der Waals surface area contributed by atoms with Crippen molar-refractivity contribution in [1.29, 1.82) is 0 Å². The Kier molecular flexibility index (Phi) is 6.62. The Morgan fingerprint density at radius 1 is 1.16 bits per heavy atom. The van der Waals surface area contributed by atoms with E-state index in [0.717, 1.165) is 35.8 Å². The van der Waals surface area contributed by atoms with Crippen LogP contribution in [0.15, 0.2) is 34.9 Å². The van der Waals surface area contributed by atoms with Crippen LogP contribution in [0, 0.1) is 5.92 Å². The van der Waals surface area contributed by atoms with Gasteiger partial charge in [-0.2, -0.15) is 0 Å². The number of hydrogen-bond acceptors (Lipinski definition) is 4. The van der Waals surface area contributed by atoms with Crippen LogP contribution in [-0.4, -0.2) is 35.6 Å². The van der Waals surface area contributed by atoms with Crippen molar-refractivity contribution in [2.45, 2.75) is 41.2 Å². The molecule has 1 amide bonds. The van der Waals surface area contributed by atoms with Gasteiger partial charge in [-0.1, -0.05) is 49.3 Å². The molecule has 136 valence electrons. The predicted molar refractivity (Wildman–Crippen MR) is 101 cm³/mol. The lowest BCUT2D eigenvalue weighted by molar-refractivity contribution is -0.129. The minimum absolute atomic E-state index is 0.0689. The standard InChI is InChI=1S/C20H29N3O2/c1-6-22(7-2)20-18(14-23(16(5)24)13-15(3)4)19(21-25-20)17-11-9-8-10-12-17/h8-12,15H,6-7,13-14H2,1-5H3. The third-order valence-corrected chi connectivity index (χ3v) is 4.25. The zero-order valence-electron chi connectivity index (χ0n) is 16.0.